The number of aryl methyl sites for hydroxylation is 1. The Bertz CT molecular complexity index is 537. The van der Waals surface area contributed by atoms with Crippen LogP contribution in [0.1, 0.15) is 10.4 Å². The molecule has 15 heavy (non-hydrogen) atoms. The van der Waals surface area contributed by atoms with Gasteiger partial charge in [-0.1, -0.05) is 6.07 Å². The second-order valence-corrected chi connectivity index (χ2v) is 4.35. The van der Waals surface area contributed by atoms with E-state index in [9.17, 15) is 5.11 Å². The Morgan fingerprint density at radius 2 is 2.13 bits per heavy atom. The van der Waals surface area contributed by atoms with E-state index in [0.29, 0.717) is 5.56 Å². The second kappa shape index (κ2) is 3.76. The summed E-state index contributed by atoms with van der Waals surface area (Å²) in [6.07, 6.45) is 0. The summed E-state index contributed by atoms with van der Waals surface area (Å²) in [5.74, 6) is 0.0362. The minimum absolute atomic E-state index is 0.0362. The van der Waals surface area contributed by atoms with Gasteiger partial charge >= 0.3 is 0 Å². The highest BCUT2D eigenvalue weighted by Crippen LogP contribution is 2.30. The van der Waals surface area contributed by atoms with Crippen LogP contribution in [0.15, 0.2) is 29.6 Å². The molecule has 0 aliphatic rings. The molecule has 0 amide bonds. The predicted molar refractivity (Wildman–Crippen MR) is 60.9 cm³/mol. The maximum absolute atomic E-state index is 9.38. The van der Waals surface area contributed by atoms with E-state index in [-0.39, 0.29) is 5.75 Å². The Morgan fingerprint density at radius 3 is 2.73 bits per heavy atom. The lowest BCUT2D eigenvalue weighted by Gasteiger charge is -2.02. The average Bonchev–Trinajstić information content (AvgIpc) is 2.65. The van der Waals surface area contributed by atoms with Gasteiger partial charge in [0.1, 0.15) is 11.8 Å². The third-order valence-electron chi connectivity index (χ3n) is 2.29. The van der Waals surface area contributed by atoms with Crippen LogP contribution in [0.4, 0.5) is 0 Å². The molecule has 0 unspecified atom stereocenters. The van der Waals surface area contributed by atoms with Gasteiger partial charge in [0.15, 0.2) is 0 Å². The van der Waals surface area contributed by atoms with Crippen LogP contribution in [-0.4, -0.2) is 5.11 Å². The molecule has 0 saturated heterocycles. The SMILES string of the molecule is Cc1sccc1-c1ccc(O)c(C#N)c1. The van der Waals surface area contributed by atoms with Crippen molar-refractivity contribution in [3.8, 4) is 22.9 Å². The van der Waals surface area contributed by atoms with Gasteiger partial charge in [-0.3, -0.25) is 0 Å². The highest BCUT2D eigenvalue weighted by Gasteiger charge is 2.06. The lowest BCUT2D eigenvalue weighted by atomic mass is 10.0. The first kappa shape index (κ1) is 9.75. The first-order valence-electron chi connectivity index (χ1n) is 4.50. The molecular weight excluding hydrogens is 206 g/mol. The molecule has 2 nitrogen and oxygen atoms in total. The number of nitriles is 1. The number of hydrogen-bond acceptors (Lipinski definition) is 3. The van der Waals surface area contributed by atoms with Crippen molar-refractivity contribution < 1.29 is 5.11 Å². The van der Waals surface area contributed by atoms with Crippen LogP contribution in [-0.2, 0) is 0 Å². The molecule has 1 aromatic heterocycles. The Hall–Kier alpha value is -1.79. The maximum atomic E-state index is 9.38. The minimum atomic E-state index is 0.0362. The van der Waals surface area contributed by atoms with Crippen LogP contribution in [0.3, 0.4) is 0 Å². The zero-order valence-corrected chi connectivity index (χ0v) is 9.01. The van der Waals surface area contributed by atoms with Gasteiger partial charge in [0.2, 0.25) is 0 Å². The number of aromatic hydroxyl groups is 1. The van der Waals surface area contributed by atoms with E-state index in [4.69, 9.17) is 5.26 Å². The largest absolute Gasteiger partial charge is 0.507 e. The second-order valence-electron chi connectivity index (χ2n) is 3.23. The van der Waals surface area contributed by atoms with Gasteiger partial charge < -0.3 is 5.11 Å². The third-order valence-corrected chi connectivity index (χ3v) is 3.13. The summed E-state index contributed by atoms with van der Waals surface area (Å²) >= 11 is 1.67. The molecule has 1 heterocycles. The molecular formula is C12H9NOS. The van der Waals surface area contributed by atoms with Gasteiger partial charge in [-0.15, -0.1) is 11.3 Å². The summed E-state index contributed by atoms with van der Waals surface area (Å²) in [7, 11) is 0. The molecule has 0 spiro atoms. The van der Waals surface area contributed by atoms with Crippen LogP contribution >= 0.6 is 11.3 Å². The number of thiophene rings is 1. The van der Waals surface area contributed by atoms with Crippen LogP contribution in [0, 0.1) is 18.3 Å². The van der Waals surface area contributed by atoms with Crippen molar-refractivity contribution in [1.29, 1.82) is 5.26 Å². The average molecular weight is 215 g/mol. The van der Waals surface area contributed by atoms with Crippen molar-refractivity contribution in [2.24, 2.45) is 0 Å². The number of benzene rings is 1. The van der Waals surface area contributed by atoms with Crippen molar-refractivity contribution in [2.45, 2.75) is 6.92 Å². The predicted octanol–water partition coefficient (Wildman–Crippen LogP) is 3.30. The molecule has 0 radical (unpaired) electrons. The molecule has 0 fully saturated rings. The van der Waals surface area contributed by atoms with Crippen molar-refractivity contribution in [3.05, 3.63) is 40.1 Å². The molecule has 0 aliphatic heterocycles. The summed E-state index contributed by atoms with van der Waals surface area (Å²) in [5.41, 5.74) is 2.41. The summed E-state index contributed by atoms with van der Waals surface area (Å²) in [6, 6.07) is 9.09. The fourth-order valence-electron chi connectivity index (χ4n) is 1.48. The lowest BCUT2D eigenvalue weighted by molar-refractivity contribution is 0.473. The third kappa shape index (κ3) is 1.72. The molecule has 0 atom stereocenters. The number of nitrogens with zero attached hydrogens (tertiary/aromatic N) is 1. The Kier molecular flexibility index (Phi) is 2.44. The fraction of sp³-hybridized carbons (Fsp3) is 0.0833. The molecule has 0 saturated carbocycles. The van der Waals surface area contributed by atoms with E-state index in [1.807, 2.05) is 30.5 Å². The molecule has 2 aromatic rings. The van der Waals surface area contributed by atoms with E-state index in [2.05, 4.69) is 0 Å². The molecule has 1 aromatic carbocycles. The Labute approximate surface area is 92.0 Å². The Morgan fingerprint density at radius 1 is 1.33 bits per heavy atom. The summed E-state index contributed by atoms with van der Waals surface area (Å²) in [5, 5.41) is 20.2. The first-order valence-corrected chi connectivity index (χ1v) is 5.38. The standard InChI is InChI=1S/C12H9NOS/c1-8-11(4-5-15-8)9-2-3-12(14)10(6-9)7-13/h2-6,14H,1H3. The number of phenols is 1. The van der Waals surface area contributed by atoms with Crippen LogP contribution in [0.25, 0.3) is 11.1 Å². The molecule has 0 bridgehead atoms. The molecule has 3 heteroatoms. The van der Waals surface area contributed by atoms with Gasteiger partial charge in [0.25, 0.3) is 0 Å². The summed E-state index contributed by atoms with van der Waals surface area (Å²) < 4.78 is 0. The number of phenolic OH excluding ortho intramolecular Hbond substituents is 1. The van der Waals surface area contributed by atoms with Crippen molar-refractivity contribution in [2.75, 3.05) is 0 Å². The normalized spacial score (nSPS) is 9.87. The maximum Gasteiger partial charge on any atom is 0.133 e. The van der Waals surface area contributed by atoms with Crippen molar-refractivity contribution >= 4 is 11.3 Å². The van der Waals surface area contributed by atoms with Gasteiger partial charge in [-0.05, 0) is 41.6 Å². The van der Waals surface area contributed by atoms with Gasteiger partial charge in [0, 0.05) is 4.88 Å². The summed E-state index contributed by atoms with van der Waals surface area (Å²) in [6.45, 7) is 2.04. The van der Waals surface area contributed by atoms with Crippen molar-refractivity contribution in [3.63, 3.8) is 0 Å². The Balaban J connectivity index is 2.57. The zero-order chi connectivity index (χ0) is 10.8. The van der Waals surface area contributed by atoms with E-state index >= 15 is 0 Å². The number of hydrogen-bond donors (Lipinski definition) is 1. The van der Waals surface area contributed by atoms with E-state index in [1.165, 1.54) is 4.88 Å². The van der Waals surface area contributed by atoms with Gasteiger partial charge in [-0.2, -0.15) is 5.26 Å². The van der Waals surface area contributed by atoms with E-state index in [1.54, 1.807) is 23.5 Å². The molecule has 1 N–H and O–H groups in total. The van der Waals surface area contributed by atoms with Gasteiger partial charge in [-0.25, -0.2) is 0 Å². The molecule has 74 valence electrons. The first-order chi connectivity index (χ1) is 7.22. The van der Waals surface area contributed by atoms with E-state index in [0.717, 1.165) is 11.1 Å². The topological polar surface area (TPSA) is 44.0 Å². The zero-order valence-electron chi connectivity index (χ0n) is 8.19. The quantitative estimate of drug-likeness (QED) is 0.793. The minimum Gasteiger partial charge on any atom is -0.507 e. The van der Waals surface area contributed by atoms with Crippen LogP contribution in [0.2, 0.25) is 0 Å². The monoisotopic (exact) mass is 215 g/mol. The fourth-order valence-corrected chi connectivity index (χ4v) is 2.20. The molecule has 0 aliphatic carbocycles. The smallest absolute Gasteiger partial charge is 0.133 e. The van der Waals surface area contributed by atoms with Crippen LogP contribution < -0.4 is 0 Å². The van der Waals surface area contributed by atoms with E-state index < -0.39 is 0 Å². The number of rotatable bonds is 1. The van der Waals surface area contributed by atoms with Crippen LogP contribution in [0.5, 0.6) is 5.75 Å². The highest BCUT2D eigenvalue weighted by molar-refractivity contribution is 7.10. The lowest BCUT2D eigenvalue weighted by Crippen LogP contribution is -1.81. The van der Waals surface area contributed by atoms with Crippen molar-refractivity contribution in [1.82, 2.24) is 0 Å². The van der Waals surface area contributed by atoms with Gasteiger partial charge in [0.05, 0.1) is 5.56 Å². The molecule has 2 rings (SSSR count). The highest BCUT2D eigenvalue weighted by atomic mass is 32.1. The summed E-state index contributed by atoms with van der Waals surface area (Å²) in [4.78, 5) is 1.21.